The Balaban J connectivity index is 2.43. The Hall–Kier alpha value is -0.990. The molecule has 0 amide bonds. The molecule has 0 radical (unpaired) electrons. The highest BCUT2D eigenvalue weighted by atomic mass is 19.3. The molecule has 0 nitrogen and oxygen atoms in total. The predicted molar refractivity (Wildman–Crippen MR) is 57.2 cm³/mol. The smallest absolute Gasteiger partial charge is 0.210 e. The van der Waals surface area contributed by atoms with Gasteiger partial charge >= 0.3 is 0 Å². The van der Waals surface area contributed by atoms with Crippen molar-refractivity contribution in [3.8, 4) is 0 Å². The highest BCUT2D eigenvalue weighted by Gasteiger charge is 2.43. The van der Waals surface area contributed by atoms with Crippen molar-refractivity contribution in [3.63, 3.8) is 0 Å². The summed E-state index contributed by atoms with van der Waals surface area (Å²) in [7, 11) is 0. The average Bonchev–Trinajstić information content (AvgIpc) is 2.30. The zero-order chi connectivity index (χ0) is 11.6. The molecule has 0 aliphatic heterocycles. The largest absolute Gasteiger partial charge is 0.248 e. The van der Waals surface area contributed by atoms with Gasteiger partial charge in [0.25, 0.3) is 0 Å². The molecule has 88 valence electrons. The van der Waals surface area contributed by atoms with Gasteiger partial charge in [-0.05, 0) is 24.5 Å². The predicted octanol–water partition coefficient (Wildman–Crippen LogP) is 4.29. The van der Waals surface area contributed by atoms with Crippen LogP contribution in [0.3, 0.4) is 0 Å². The Morgan fingerprint density at radius 3 is 2.19 bits per heavy atom. The van der Waals surface area contributed by atoms with E-state index < -0.39 is 17.7 Å². The van der Waals surface area contributed by atoms with Crippen molar-refractivity contribution < 1.29 is 13.2 Å². The minimum atomic E-state index is -2.48. The summed E-state index contributed by atoms with van der Waals surface area (Å²) in [6, 6.07) is 5.96. The minimum absolute atomic E-state index is 0.199. The Morgan fingerprint density at radius 2 is 1.62 bits per heavy atom. The third kappa shape index (κ3) is 1.83. The van der Waals surface area contributed by atoms with Crippen molar-refractivity contribution in [2.24, 2.45) is 0 Å². The molecule has 1 fully saturated rings. The van der Waals surface area contributed by atoms with Crippen LogP contribution in [0.15, 0.2) is 24.3 Å². The van der Waals surface area contributed by atoms with Crippen LogP contribution in [0.2, 0.25) is 0 Å². The van der Waals surface area contributed by atoms with Crippen LogP contribution in [-0.4, -0.2) is 6.43 Å². The molecule has 1 saturated carbocycles. The number of halogens is 3. The first-order chi connectivity index (χ1) is 7.67. The number of hydrogen-bond acceptors (Lipinski definition) is 0. The van der Waals surface area contributed by atoms with Gasteiger partial charge in [-0.3, -0.25) is 0 Å². The van der Waals surface area contributed by atoms with E-state index >= 15 is 0 Å². The Kier molecular flexibility index (Phi) is 3.22. The van der Waals surface area contributed by atoms with Gasteiger partial charge in [-0.2, -0.15) is 0 Å². The van der Waals surface area contributed by atoms with Crippen LogP contribution in [0.5, 0.6) is 0 Å². The lowest BCUT2D eigenvalue weighted by molar-refractivity contribution is 0.0233. The third-order valence-corrected chi connectivity index (χ3v) is 3.57. The molecule has 3 heteroatoms. The highest BCUT2D eigenvalue weighted by Crippen LogP contribution is 2.44. The lowest BCUT2D eigenvalue weighted by atomic mass is 9.69. The van der Waals surface area contributed by atoms with Gasteiger partial charge in [0.05, 0.1) is 5.41 Å². The van der Waals surface area contributed by atoms with E-state index in [1.54, 1.807) is 12.1 Å². The van der Waals surface area contributed by atoms with Gasteiger partial charge in [-0.25, -0.2) is 13.2 Å². The fourth-order valence-corrected chi connectivity index (χ4v) is 2.65. The Labute approximate surface area is 93.5 Å². The molecule has 2 rings (SSSR count). The molecule has 1 aromatic carbocycles. The highest BCUT2D eigenvalue weighted by molar-refractivity contribution is 5.28. The summed E-state index contributed by atoms with van der Waals surface area (Å²) in [6.07, 6.45) is 0.807. The quantitative estimate of drug-likeness (QED) is 0.708. The maximum atomic E-state index is 13.6. The molecule has 0 heterocycles. The van der Waals surface area contributed by atoms with Gasteiger partial charge in [0.2, 0.25) is 6.43 Å². The molecule has 0 saturated heterocycles. The maximum absolute atomic E-state index is 13.6. The SMILES string of the molecule is Fc1ccccc1C1(C(F)F)CCCCC1. The normalized spacial score (nSPS) is 20.0. The molecule has 16 heavy (non-hydrogen) atoms. The summed E-state index contributed by atoms with van der Waals surface area (Å²) in [4.78, 5) is 0. The molecule has 0 N–H and O–H groups in total. The van der Waals surface area contributed by atoms with Crippen molar-refractivity contribution in [2.75, 3.05) is 0 Å². The van der Waals surface area contributed by atoms with Crippen LogP contribution >= 0.6 is 0 Å². The fourth-order valence-electron chi connectivity index (χ4n) is 2.65. The standard InChI is InChI=1S/C13H15F3/c14-11-7-3-2-6-10(11)13(12(15)16)8-4-1-5-9-13/h2-3,6-7,12H,1,4-5,8-9H2. The molecule has 0 bridgehead atoms. The number of benzene rings is 1. The van der Waals surface area contributed by atoms with Crippen LogP contribution in [0.4, 0.5) is 13.2 Å². The fraction of sp³-hybridized carbons (Fsp3) is 0.538. The summed E-state index contributed by atoms with van der Waals surface area (Å²) in [5.74, 6) is -0.496. The molecule has 0 aromatic heterocycles. The van der Waals surface area contributed by atoms with Crippen molar-refractivity contribution >= 4 is 0 Å². The van der Waals surface area contributed by atoms with E-state index in [2.05, 4.69) is 0 Å². The number of alkyl halides is 2. The summed E-state index contributed by atoms with van der Waals surface area (Å²) < 4.78 is 40.2. The summed E-state index contributed by atoms with van der Waals surface area (Å²) in [5.41, 5.74) is -1.05. The maximum Gasteiger partial charge on any atom is 0.248 e. The van der Waals surface area contributed by atoms with Gasteiger partial charge in [0, 0.05) is 0 Å². The molecule has 1 aromatic rings. The minimum Gasteiger partial charge on any atom is -0.210 e. The van der Waals surface area contributed by atoms with Crippen molar-refractivity contribution in [2.45, 2.75) is 43.9 Å². The molecular formula is C13H15F3. The van der Waals surface area contributed by atoms with Crippen LogP contribution in [0.1, 0.15) is 37.7 Å². The van der Waals surface area contributed by atoms with Gasteiger partial charge in [-0.1, -0.05) is 37.5 Å². The first-order valence-corrected chi connectivity index (χ1v) is 5.70. The second kappa shape index (κ2) is 4.48. The summed E-state index contributed by atoms with van der Waals surface area (Å²) >= 11 is 0. The van der Waals surface area contributed by atoms with Crippen LogP contribution in [0, 0.1) is 5.82 Å². The lowest BCUT2D eigenvalue weighted by Gasteiger charge is -2.37. The first kappa shape index (κ1) is 11.5. The second-order valence-electron chi connectivity index (χ2n) is 4.50. The first-order valence-electron chi connectivity index (χ1n) is 5.70. The molecule has 0 atom stereocenters. The van der Waals surface area contributed by atoms with Crippen molar-refractivity contribution in [1.29, 1.82) is 0 Å². The van der Waals surface area contributed by atoms with Crippen LogP contribution in [-0.2, 0) is 5.41 Å². The van der Waals surface area contributed by atoms with Gasteiger partial charge in [0.15, 0.2) is 0 Å². The van der Waals surface area contributed by atoms with E-state index in [1.807, 2.05) is 0 Å². The number of rotatable bonds is 2. The lowest BCUT2D eigenvalue weighted by Crippen LogP contribution is -2.37. The number of hydrogen-bond donors (Lipinski definition) is 0. The zero-order valence-electron chi connectivity index (χ0n) is 9.06. The van der Waals surface area contributed by atoms with Crippen molar-refractivity contribution in [1.82, 2.24) is 0 Å². The van der Waals surface area contributed by atoms with E-state index in [0.29, 0.717) is 12.8 Å². The van der Waals surface area contributed by atoms with Gasteiger partial charge < -0.3 is 0 Å². The summed E-state index contributed by atoms with van der Waals surface area (Å²) in [5, 5.41) is 0. The van der Waals surface area contributed by atoms with Crippen LogP contribution < -0.4 is 0 Å². The van der Waals surface area contributed by atoms with E-state index in [1.165, 1.54) is 12.1 Å². The monoisotopic (exact) mass is 228 g/mol. The second-order valence-corrected chi connectivity index (χ2v) is 4.50. The van der Waals surface area contributed by atoms with E-state index in [9.17, 15) is 13.2 Å². The van der Waals surface area contributed by atoms with E-state index in [0.717, 1.165) is 19.3 Å². The topological polar surface area (TPSA) is 0 Å². The van der Waals surface area contributed by atoms with E-state index in [4.69, 9.17) is 0 Å². The Morgan fingerprint density at radius 1 is 1.00 bits per heavy atom. The zero-order valence-corrected chi connectivity index (χ0v) is 9.06. The molecular weight excluding hydrogens is 213 g/mol. The molecule has 0 unspecified atom stereocenters. The third-order valence-electron chi connectivity index (χ3n) is 3.57. The summed E-state index contributed by atoms with van der Waals surface area (Å²) in [6.45, 7) is 0. The van der Waals surface area contributed by atoms with Crippen molar-refractivity contribution in [3.05, 3.63) is 35.6 Å². The molecule has 1 aliphatic carbocycles. The Bertz CT molecular complexity index is 354. The van der Waals surface area contributed by atoms with Crippen LogP contribution in [0.25, 0.3) is 0 Å². The molecule has 0 spiro atoms. The van der Waals surface area contributed by atoms with Gasteiger partial charge in [-0.15, -0.1) is 0 Å². The average molecular weight is 228 g/mol. The van der Waals surface area contributed by atoms with Gasteiger partial charge in [0.1, 0.15) is 5.82 Å². The van der Waals surface area contributed by atoms with E-state index in [-0.39, 0.29) is 5.56 Å². The molecule has 1 aliphatic rings.